The van der Waals surface area contributed by atoms with Gasteiger partial charge in [-0.15, -0.1) is 22.0 Å². The Morgan fingerprint density at radius 2 is 1.85 bits per heavy atom. The highest BCUT2D eigenvalue weighted by Crippen LogP contribution is 2.23. The van der Waals surface area contributed by atoms with E-state index in [1.54, 1.807) is 32.5 Å². The monoisotopic (exact) mass is 414 g/mol. The minimum atomic E-state index is -3.74. The average Bonchev–Trinajstić information content (AvgIpc) is 3.02. The summed E-state index contributed by atoms with van der Waals surface area (Å²) in [4.78, 5) is 13.0. The van der Waals surface area contributed by atoms with E-state index in [1.807, 2.05) is 31.2 Å². The molecular formula is C16H22N4O3S3. The van der Waals surface area contributed by atoms with Gasteiger partial charge in [0.15, 0.2) is 0 Å². The maximum absolute atomic E-state index is 12.3. The maximum Gasteiger partial charge on any atom is 0.269 e. The lowest BCUT2D eigenvalue weighted by Crippen LogP contribution is -2.27. The van der Waals surface area contributed by atoms with E-state index in [4.69, 9.17) is 0 Å². The number of hydrogen-bond acceptors (Lipinski definition) is 7. The Bertz CT molecular complexity index is 856. The van der Waals surface area contributed by atoms with Gasteiger partial charge in [0.1, 0.15) is 0 Å². The number of carbonyl (C=O) groups is 1. The van der Waals surface area contributed by atoms with Gasteiger partial charge in [-0.05, 0) is 19.1 Å². The fourth-order valence-electron chi connectivity index (χ4n) is 1.69. The Kier molecular flexibility index (Phi) is 6.78. The van der Waals surface area contributed by atoms with Gasteiger partial charge in [-0.25, -0.2) is 13.1 Å². The van der Waals surface area contributed by atoms with Crippen LogP contribution in [-0.2, 0) is 14.8 Å². The highest BCUT2D eigenvalue weighted by atomic mass is 32.2. The first-order valence-electron chi connectivity index (χ1n) is 7.92. The van der Waals surface area contributed by atoms with Crippen LogP contribution in [0.3, 0.4) is 0 Å². The number of nitrogens with zero attached hydrogens (tertiary/aromatic N) is 2. The predicted octanol–water partition coefficient (Wildman–Crippen LogP) is 2.90. The number of rotatable bonds is 7. The first kappa shape index (κ1) is 20.8. The van der Waals surface area contributed by atoms with Gasteiger partial charge in [0.25, 0.3) is 10.0 Å². The number of amides is 1. The molecule has 1 aromatic heterocycles. The van der Waals surface area contributed by atoms with Crippen LogP contribution in [0.5, 0.6) is 0 Å². The molecule has 2 aromatic rings. The topological polar surface area (TPSA) is 101 Å². The zero-order valence-electron chi connectivity index (χ0n) is 15.1. The molecule has 0 aliphatic carbocycles. The van der Waals surface area contributed by atoms with E-state index in [0.29, 0.717) is 5.75 Å². The average molecular weight is 415 g/mol. The van der Waals surface area contributed by atoms with Crippen molar-refractivity contribution >= 4 is 44.2 Å². The minimum Gasteiger partial charge on any atom is -0.300 e. The maximum atomic E-state index is 12.3. The van der Waals surface area contributed by atoms with E-state index in [1.165, 1.54) is 5.56 Å². The normalized spacial score (nSPS) is 12.2. The fourth-order valence-corrected chi connectivity index (χ4v) is 4.56. The molecule has 26 heavy (non-hydrogen) atoms. The Morgan fingerprint density at radius 1 is 1.19 bits per heavy atom. The van der Waals surface area contributed by atoms with Crippen molar-refractivity contribution in [2.45, 2.75) is 36.9 Å². The molecule has 1 amide bonds. The summed E-state index contributed by atoms with van der Waals surface area (Å²) in [6, 6.07) is 8.04. The second kappa shape index (κ2) is 8.47. The zero-order chi connectivity index (χ0) is 19.4. The molecule has 7 nitrogen and oxygen atoms in total. The number of anilines is 1. The molecule has 0 bridgehead atoms. The van der Waals surface area contributed by atoms with E-state index in [2.05, 4.69) is 20.2 Å². The summed E-state index contributed by atoms with van der Waals surface area (Å²) in [6.07, 6.45) is 0. The van der Waals surface area contributed by atoms with Gasteiger partial charge in [-0.3, -0.25) is 4.79 Å². The number of benzene rings is 1. The number of aryl methyl sites for hydroxylation is 1. The van der Waals surface area contributed by atoms with Crippen molar-refractivity contribution in [1.82, 2.24) is 14.9 Å². The second-order valence-electron chi connectivity index (χ2n) is 6.64. The molecule has 0 aliphatic rings. The van der Waals surface area contributed by atoms with E-state index >= 15 is 0 Å². The third-order valence-corrected chi connectivity index (χ3v) is 6.90. The number of hydrogen-bond donors (Lipinski definition) is 2. The lowest BCUT2D eigenvalue weighted by Gasteiger charge is -2.15. The molecule has 142 valence electrons. The van der Waals surface area contributed by atoms with Crippen LogP contribution in [0.2, 0.25) is 0 Å². The number of aromatic nitrogens is 2. The van der Waals surface area contributed by atoms with Crippen molar-refractivity contribution in [2.75, 3.05) is 17.6 Å². The van der Waals surface area contributed by atoms with E-state index in [-0.39, 0.29) is 21.9 Å². The predicted molar refractivity (Wildman–Crippen MR) is 105 cm³/mol. The Morgan fingerprint density at radius 3 is 2.46 bits per heavy atom. The van der Waals surface area contributed by atoms with Crippen LogP contribution < -0.4 is 10.0 Å². The standard InChI is InChI=1S/C16H22N4O3S3/c1-11-5-7-12(8-6-11)24-10-9-17-26(22,23)15-20-19-14(25-15)18-13(21)16(2,3)4/h5-8,17H,9-10H2,1-4H3,(H,18,19,21). The zero-order valence-corrected chi connectivity index (χ0v) is 17.5. The van der Waals surface area contributed by atoms with Crippen molar-refractivity contribution in [2.24, 2.45) is 5.41 Å². The highest BCUT2D eigenvalue weighted by Gasteiger charge is 2.24. The molecule has 0 aliphatic heterocycles. The van der Waals surface area contributed by atoms with Crippen molar-refractivity contribution < 1.29 is 13.2 Å². The van der Waals surface area contributed by atoms with Gasteiger partial charge in [0.05, 0.1) is 0 Å². The quantitative estimate of drug-likeness (QED) is 0.410. The molecule has 2 rings (SSSR count). The lowest BCUT2D eigenvalue weighted by molar-refractivity contribution is -0.123. The number of sulfonamides is 1. The van der Waals surface area contributed by atoms with Gasteiger partial charge in [-0.1, -0.05) is 49.8 Å². The summed E-state index contributed by atoms with van der Waals surface area (Å²) in [7, 11) is -3.74. The summed E-state index contributed by atoms with van der Waals surface area (Å²) >= 11 is 2.39. The fraction of sp³-hybridized carbons (Fsp3) is 0.438. The summed E-state index contributed by atoms with van der Waals surface area (Å²) in [5.74, 6) is 0.342. The molecule has 0 atom stereocenters. The number of thioether (sulfide) groups is 1. The van der Waals surface area contributed by atoms with E-state index in [9.17, 15) is 13.2 Å². The Labute approximate surface area is 162 Å². The van der Waals surface area contributed by atoms with Crippen LogP contribution in [0.1, 0.15) is 26.3 Å². The van der Waals surface area contributed by atoms with E-state index < -0.39 is 15.4 Å². The highest BCUT2D eigenvalue weighted by molar-refractivity contribution is 7.99. The van der Waals surface area contributed by atoms with Crippen LogP contribution in [0.15, 0.2) is 33.5 Å². The van der Waals surface area contributed by atoms with Gasteiger partial charge < -0.3 is 5.32 Å². The lowest BCUT2D eigenvalue weighted by atomic mass is 9.96. The Balaban J connectivity index is 1.87. The first-order valence-corrected chi connectivity index (χ1v) is 11.2. The summed E-state index contributed by atoms with van der Waals surface area (Å²) in [6.45, 7) is 7.56. The largest absolute Gasteiger partial charge is 0.300 e. The van der Waals surface area contributed by atoms with Crippen LogP contribution >= 0.6 is 23.1 Å². The number of nitrogens with one attached hydrogen (secondary N) is 2. The second-order valence-corrected chi connectivity index (χ2v) is 10.7. The molecule has 10 heteroatoms. The summed E-state index contributed by atoms with van der Waals surface area (Å²) < 4.78 is 26.9. The third-order valence-electron chi connectivity index (χ3n) is 3.22. The summed E-state index contributed by atoms with van der Waals surface area (Å²) in [5, 5.41) is 10.1. The van der Waals surface area contributed by atoms with E-state index in [0.717, 1.165) is 16.2 Å². The minimum absolute atomic E-state index is 0.165. The molecule has 0 spiro atoms. The van der Waals surface area contributed by atoms with Crippen molar-refractivity contribution in [3.05, 3.63) is 29.8 Å². The molecule has 0 saturated heterocycles. The first-order chi connectivity index (χ1) is 12.1. The molecule has 1 heterocycles. The van der Waals surface area contributed by atoms with Gasteiger partial charge in [-0.2, -0.15) is 0 Å². The van der Waals surface area contributed by atoms with Gasteiger partial charge in [0, 0.05) is 22.6 Å². The molecule has 1 aromatic carbocycles. The third kappa shape index (κ3) is 6.04. The molecule has 0 radical (unpaired) electrons. The van der Waals surface area contributed by atoms with Crippen LogP contribution in [0.25, 0.3) is 0 Å². The van der Waals surface area contributed by atoms with Crippen LogP contribution in [0.4, 0.5) is 5.13 Å². The Hall–Kier alpha value is -1.49. The van der Waals surface area contributed by atoms with Crippen LogP contribution in [-0.4, -0.2) is 36.8 Å². The molecule has 0 fully saturated rings. The molecule has 0 saturated carbocycles. The van der Waals surface area contributed by atoms with Crippen molar-refractivity contribution in [1.29, 1.82) is 0 Å². The van der Waals surface area contributed by atoms with Gasteiger partial charge >= 0.3 is 0 Å². The number of carbonyl (C=O) groups excluding carboxylic acids is 1. The van der Waals surface area contributed by atoms with Crippen molar-refractivity contribution in [3.63, 3.8) is 0 Å². The van der Waals surface area contributed by atoms with Gasteiger partial charge in [0.2, 0.25) is 15.4 Å². The molecule has 2 N–H and O–H groups in total. The summed E-state index contributed by atoms with van der Waals surface area (Å²) in [5.41, 5.74) is 0.580. The molecule has 0 unspecified atom stereocenters. The van der Waals surface area contributed by atoms with Crippen LogP contribution in [0, 0.1) is 12.3 Å². The smallest absolute Gasteiger partial charge is 0.269 e. The SMILES string of the molecule is Cc1ccc(SCCNS(=O)(=O)c2nnc(NC(=O)C(C)(C)C)s2)cc1. The molecular weight excluding hydrogens is 392 g/mol. The van der Waals surface area contributed by atoms with Crippen molar-refractivity contribution in [3.8, 4) is 0 Å².